The van der Waals surface area contributed by atoms with Crippen LogP contribution in [0.4, 0.5) is 11.4 Å². The molecule has 0 aliphatic carbocycles. The van der Waals surface area contributed by atoms with Crippen molar-refractivity contribution in [3.63, 3.8) is 0 Å². The number of anilines is 2. The third kappa shape index (κ3) is 4.22. The van der Waals surface area contributed by atoms with Gasteiger partial charge in [0.25, 0.3) is 5.91 Å². The molecule has 0 heterocycles. The van der Waals surface area contributed by atoms with Gasteiger partial charge >= 0.3 is 0 Å². The van der Waals surface area contributed by atoms with E-state index in [4.69, 9.17) is 11.6 Å². The molecule has 0 aromatic heterocycles. The van der Waals surface area contributed by atoms with Crippen LogP contribution in [0.3, 0.4) is 0 Å². The Morgan fingerprint density at radius 3 is 2.43 bits per heavy atom. The molecule has 6 heteroatoms. The SMILES string of the molecule is CN(C)c1ccc(Br)cc1NC(=O)c1cc(Cl)cc(Br)c1. The van der Waals surface area contributed by atoms with Crippen LogP contribution in [0.25, 0.3) is 0 Å². The van der Waals surface area contributed by atoms with Gasteiger partial charge in [-0.05, 0) is 36.4 Å². The molecule has 0 aliphatic rings. The van der Waals surface area contributed by atoms with E-state index in [0.717, 1.165) is 20.3 Å². The molecule has 2 aromatic rings. The molecule has 2 rings (SSSR count). The number of nitrogens with one attached hydrogen (secondary N) is 1. The molecule has 1 N–H and O–H groups in total. The van der Waals surface area contributed by atoms with E-state index < -0.39 is 0 Å². The van der Waals surface area contributed by atoms with Gasteiger partial charge in [0.2, 0.25) is 0 Å². The van der Waals surface area contributed by atoms with E-state index in [1.54, 1.807) is 18.2 Å². The van der Waals surface area contributed by atoms with Crippen molar-refractivity contribution < 1.29 is 4.79 Å². The first-order valence-corrected chi connectivity index (χ1v) is 8.07. The zero-order valence-corrected chi connectivity index (χ0v) is 15.4. The van der Waals surface area contributed by atoms with Gasteiger partial charge in [-0.25, -0.2) is 0 Å². The Morgan fingerprint density at radius 2 is 1.81 bits per heavy atom. The van der Waals surface area contributed by atoms with Gasteiger partial charge in [0.1, 0.15) is 0 Å². The summed E-state index contributed by atoms with van der Waals surface area (Å²) in [6, 6.07) is 10.8. The second-order valence-electron chi connectivity index (χ2n) is 4.67. The summed E-state index contributed by atoms with van der Waals surface area (Å²) < 4.78 is 1.66. The van der Waals surface area contributed by atoms with Gasteiger partial charge in [-0.2, -0.15) is 0 Å². The third-order valence-corrected chi connectivity index (χ3v) is 3.98. The number of amides is 1. The second-order valence-corrected chi connectivity index (χ2v) is 6.94. The van der Waals surface area contributed by atoms with Crippen LogP contribution >= 0.6 is 43.5 Å². The van der Waals surface area contributed by atoms with Crippen molar-refractivity contribution >= 4 is 60.7 Å². The van der Waals surface area contributed by atoms with E-state index in [1.165, 1.54) is 0 Å². The Hall–Kier alpha value is -1.04. The van der Waals surface area contributed by atoms with E-state index >= 15 is 0 Å². The highest BCUT2D eigenvalue weighted by Crippen LogP contribution is 2.29. The molecular formula is C15H13Br2ClN2O. The maximum atomic E-state index is 12.4. The minimum atomic E-state index is -0.209. The molecule has 0 saturated carbocycles. The zero-order chi connectivity index (χ0) is 15.6. The predicted octanol–water partition coefficient (Wildman–Crippen LogP) is 5.18. The van der Waals surface area contributed by atoms with E-state index in [1.807, 2.05) is 37.2 Å². The molecule has 3 nitrogen and oxygen atoms in total. The van der Waals surface area contributed by atoms with Crippen LogP contribution in [-0.4, -0.2) is 20.0 Å². The lowest BCUT2D eigenvalue weighted by Gasteiger charge is -2.18. The Labute approximate surface area is 145 Å². The highest BCUT2D eigenvalue weighted by atomic mass is 79.9. The second kappa shape index (κ2) is 6.81. The highest BCUT2D eigenvalue weighted by molar-refractivity contribution is 9.10. The fraction of sp³-hybridized carbons (Fsp3) is 0.133. The maximum absolute atomic E-state index is 12.4. The summed E-state index contributed by atoms with van der Waals surface area (Å²) in [5.74, 6) is -0.209. The van der Waals surface area contributed by atoms with Crippen LogP contribution in [0.2, 0.25) is 5.02 Å². The lowest BCUT2D eigenvalue weighted by Crippen LogP contribution is -2.16. The van der Waals surface area contributed by atoms with E-state index in [0.29, 0.717) is 10.6 Å². The number of benzene rings is 2. The van der Waals surface area contributed by atoms with Crippen molar-refractivity contribution in [1.82, 2.24) is 0 Å². The lowest BCUT2D eigenvalue weighted by atomic mass is 10.2. The molecule has 0 fully saturated rings. The van der Waals surface area contributed by atoms with Crippen LogP contribution in [0.1, 0.15) is 10.4 Å². The summed E-state index contributed by atoms with van der Waals surface area (Å²) in [6.07, 6.45) is 0. The smallest absolute Gasteiger partial charge is 0.255 e. The summed E-state index contributed by atoms with van der Waals surface area (Å²) >= 11 is 12.7. The van der Waals surface area contributed by atoms with Crippen molar-refractivity contribution in [2.24, 2.45) is 0 Å². The van der Waals surface area contributed by atoms with Gasteiger partial charge < -0.3 is 10.2 Å². The molecule has 0 saturated heterocycles. The topological polar surface area (TPSA) is 32.3 Å². The summed E-state index contributed by atoms with van der Waals surface area (Å²) in [5.41, 5.74) is 2.15. The maximum Gasteiger partial charge on any atom is 0.255 e. The van der Waals surface area contributed by atoms with E-state index in [2.05, 4.69) is 37.2 Å². The van der Waals surface area contributed by atoms with Gasteiger partial charge in [-0.3, -0.25) is 4.79 Å². The van der Waals surface area contributed by atoms with Crippen molar-refractivity contribution in [2.45, 2.75) is 0 Å². The van der Waals surface area contributed by atoms with Crippen molar-refractivity contribution in [1.29, 1.82) is 0 Å². The summed E-state index contributed by atoms with van der Waals surface area (Å²) in [6.45, 7) is 0. The number of carbonyl (C=O) groups excluding carboxylic acids is 1. The fourth-order valence-corrected chi connectivity index (χ4v) is 3.10. The van der Waals surface area contributed by atoms with Crippen molar-refractivity contribution in [3.05, 3.63) is 55.9 Å². The minimum Gasteiger partial charge on any atom is -0.376 e. The van der Waals surface area contributed by atoms with E-state index in [9.17, 15) is 4.79 Å². The van der Waals surface area contributed by atoms with Crippen LogP contribution < -0.4 is 10.2 Å². The Balaban J connectivity index is 2.33. The van der Waals surface area contributed by atoms with Crippen LogP contribution in [0.15, 0.2) is 45.3 Å². The lowest BCUT2D eigenvalue weighted by molar-refractivity contribution is 0.102. The van der Waals surface area contributed by atoms with Gasteiger partial charge in [0.05, 0.1) is 11.4 Å². The van der Waals surface area contributed by atoms with Gasteiger partial charge in [-0.1, -0.05) is 43.5 Å². The number of halogens is 3. The number of rotatable bonds is 3. The summed E-state index contributed by atoms with van der Waals surface area (Å²) in [4.78, 5) is 14.3. The highest BCUT2D eigenvalue weighted by Gasteiger charge is 2.12. The Morgan fingerprint density at radius 1 is 1.10 bits per heavy atom. The van der Waals surface area contributed by atoms with Crippen LogP contribution in [-0.2, 0) is 0 Å². The van der Waals surface area contributed by atoms with E-state index in [-0.39, 0.29) is 5.91 Å². The summed E-state index contributed by atoms with van der Waals surface area (Å²) in [5, 5.41) is 3.42. The fourth-order valence-electron chi connectivity index (χ4n) is 1.88. The third-order valence-electron chi connectivity index (χ3n) is 2.81. The number of carbonyl (C=O) groups is 1. The molecule has 110 valence electrons. The molecule has 0 spiro atoms. The largest absolute Gasteiger partial charge is 0.376 e. The van der Waals surface area contributed by atoms with Crippen molar-refractivity contribution in [2.75, 3.05) is 24.3 Å². The minimum absolute atomic E-state index is 0.209. The first-order chi connectivity index (χ1) is 9.86. The number of nitrogens with zero attached hydrogens (tertiary/aromatic N) is 1. The molecule has 0 unspecified atom stereocenters. The Bertz CT molecular complexity index is 669. The number of hydrogen-bond acceptors (Lipinski definition) is 2. The summed E-state index contributed by atoms with van der Waals surface area (Å²) in [7, 11) is 3.85. The average molecular weight is 433 g/mol. The zero-order valence-electron chi connectivity index (χ0n) is 11.5. The van der Waals surface area contributed by atoms with Crippen LogP contribution in [0, 0.1) is 0 Å². The van der Waals surface area contributed by atoms with Gasteiger partial charge in [-0.15, -0.1) is 0 Å². The molecular weight excluding hydrogens is 419 g/mol. The quantitative estimate of drug-likeness (QED) is 0.725. The molecule has 0 atom stereocenters. The first-order valence-electron chi connectivity index (χ1n) is 6.11. The first kappa shape index (κ1) is 16.3. The Kier molecular flexibility index (Phi) is 5.30. The molecule has 0 aliphatic heterocycles. The predicted molar refractivity (Wildman–Crippen MR) is 95.6 cm³/mol. The molecule has 0 radical (unpaired) electrons. The molecule has 2 aromatic carbocycles. The van der Waals surface area contributed by atoms with Gasteiger partial charge in [0.15, 0.2) is 0 Å². The normalized spacial score (nSPS) is 10.3. The number of hydrogen-bond donors (Lipinski definition) is 1. The molecule has 21 heavy (non-hydrogen) atoms. The van der Waals surface area contributed by atoms with Crippen molar-refractivity contribution in [3.8, 4) is 0 Å². The molecule has 1 amide bonds. The van der Waals surface area contributed by atoms with Crippen LogP contribution in [0.5, 0.6) is 0 Å². The standard InChI is InChI=1S/C15H13Br2ClN2O/c1-20(2)14-4-3-10(16)8-13(14)19-15(21)9-5-11(17)7-12(18)6-9/h3-8H,1-2H3,(H,19,21). The van der Waals surface area contributed by atoms with Gasteiger partial charge in [0, 0.05) is 33.6 Å². The monoisotopic (exact) mass is 430 g/mol. The molecule has 0 bridgehead atoms. The average Bonchev–Trinajstić information content (AvgIpc) is 2.37.